The summed E-state index contributed by atoms with van der Waals surface area (Å²) in [6.45, 7) is 6.21. The van der Waals surface area contributed by atoms with Gasteiger partial charge in [-0.1, -0.05) is 24.6 Å². The smallest absolute Gasteiger partial charge is 0.308 e. The molecule has 1 atom stereocenters. The van der Waals surface area contributed by atoms with Crippen LogP contribution in [0.3, 0.4) is 0 Å². The summed E-state index contributed by atoms with van der Waals surface area (Å²) in [5.41, 5.74) is 0.724. The van der Waals surface area contributed by atoms with E-state index >= 15 is 0 Å². The molecule has 92 valence electrons. The van der Waals surface area contributed by atoms with Crippen molar-refractivity contribution in [3.63, 3.8) is 0 Å². The van der Waals surface area contributed by atoms with Crippen LogP contribution in [0.2, 0.25) is 5.15 Å². The van der Waals surface area contributed by atoms with Gasteiger partial charge < -0.3 is 10.0 Å². The molecule has 0 fully saturated rings. The Bertz CT molecular complexity index is 409. The van der Waals surface area contributed by atoms with E-state index in [1.165, 1.54) is 0 Å². The minimum Gasteiger partial charge on any atom is -0.481 e. The van der Waals surface area contributed by atoms with Crippen molar-refractivity contribution in [2.75, 3.05) is 18.0 Å². The number of hydrogen-bond donors (Lipinski definition) is 1. The van der Waals surface area contributed by atoms with Crippen LogP contribution in [0.25, 0.3) is 0 Å². The predicted octanol–water partition coefficient (Wildman–Crippen LogP) is 2.45. The number of carboxylic acids is 1. The Balaban J connectivity index is 2.89. The molecule has 0 spiro atoms. The Morgan fingerprint density at radius 1 is 1.76 bits per heavy atom. The second-order valence-electron chi connectivity index (χ2n) is 3.75. The van der Waals surface area contributed by atoms with E-state index in [9.17, 15) is 4.79 Å². The maximum atomic E-state index is 10.9. The zero-order valence-electron chi connectivity index (χ0n) is 9.64. The molecule has 5 heteroatoms. The Labute approximate surface area is 106 Å². The first-order valence-electron chi connectivity index (χ1n) is 5.25. The third-order valence-electron chi connectivity index (χ3n) is 2.35. The van der Waals surface area contributed by atoms with E-state index in [1.807, 2.05) is 11.0 Å². The van der Waals surface area contributed by atoms with Crippen LogP contribution in [-0.4, -0.2) is 29.1 Å². The molecule has 0 saturated heterocycles. The summed E-state index contributed by atoms with van der Waals surface area (Å²) < 4.78 is 0. The zero-order chi connectivity index (χ0) is 12.8. The van der Waals surface area contributed by atoms with Crippen molar-refractivity contribution in [2.24, 2.45) is 5.92 Å². The van der Waals surface area contributed by atoms with Gasteiger partial charge in [-0.2, -0.15) is 0 Å². The van der Waals surface area contributed by atoms with Crippen molar-refractivity contribution in [3.8, 4) is 0 Å². The van der Waals surface area contributed by atoms with Crippen molar-refractivity contribution < 1.29 is 9.90 Å². The van der Waals surface area contributed by atoms with Crippen molar-refractivity contribution in [3.05, 3.63) is 36.1 Å². The van der Waals surface area contributed by atoms with Crippen LogP contribution in [0.15, 0.2) is 31.0 Å². The first kappa shape index (κ1) is 13.5. The summed E-state index contributed by atoms with van der Waals surface area (Å²) in [7, 11) is 0. The molecular weight excluding hydrogens is 240 g/mol. The van der Waals surface area contributed by atoms with Gasteiger partial charge in [-0.3, -0.25) is 4.79 Å². The van der Waals surface area contributed by atoms with Crippen LogP contribution in [0.4, 0.5) is 5.69 Å². The topological polar surface area (TPSA) is 53.4 Å². The summed E-state index contributed by atoms with van der Waals surface area (Å²) in [4.78, 5) is 16.7. The van der Waals surface area contributed by atoms with Gasteiger partial charge in [-0.15, -0.1) is 6.58 Å². The quantitative estimate of drug-likeness (QED) is 0.626. The highest BCUT2D eigenvalue weighted by Crippen LogP contribution is 2.23. The van der Waals surface area contributed by atoms with Gasteiger partial charge in [0, 0.05) is 19.3 Å². The maximum absolute atomic E-state index is 10.9. The van der Waals surface area contributed by atoms with E-state index in [1.54, 1.807) is 25.3 Å². The fourth-order valence-corrected chi connectivity index (χ4v) is 1.69. The lowest BCUT2D eigenvalue weighted by Crippen LogP contribution is -2.32. The van der Waals surface area contributed by atoms with Gasteiger partial charge in [0.15, 0.2) is 5.15 Å². The number of anilines is 1. The first-order chi connectivity index (χ1) is 8.06. The average Bonchev–Trinajstić information content (AvgIpc) is 2.29. The Morgan fingerprint density at radius 3 is 3.00 bits per heavy atom. The molecule has 0 aliphatic heterocycles. The summed E-state index contributed by atoms with van der Waals surface area (Å²) in [5.74, 6) is -1.31. The fraction of sp³-hybridized carbons (Fsp3) is 0.333. The van der Waals surface area contributed by atoms with Gasteiger partial charge in [0.1, 0.15) is 0 Å². The molecule has 0 radical (unpaired) electrons. The normalized spacial score (nSPS) is 11.9. The summed E-state index contributed by atoms with van der Waals surface area (Å²) in [5, 5.41) is 9.28. The van der Waals surface area contributed by atoms with E-state index < -0.39 is 11.9 Å². The van der Waals surface area contributed by atoms with Gasteiger partial charge in [-0.25, -0.2) is 4.98 Å². The van der Waals surface area contributed by atoms with Crippen molar-refractivity contribution in [1.29, 1.82) is 0 Å². The predicted molar refractivity (Wildman–Crippen MR) is 68.5 cm³/mol. The third kappa shape index (κ3) is 3.75. The average molecular weight is 255 g/mol. The molecule has 0 amide bonds. The van der Waals surface area contributed by atoms with E-state index in [2.05, 4.69) is 11.6 Å². The van der Waals surface area contributed by atoms with Crippen molar-refractivity contribution >= 4 is 23.3 Å². The monoisotopic (exact) mass is 254 g/mol. The highest BCUT2D eigenvalue weighted by Gasteiger charge is 2.17. The molecule has 0 saturated carbocycles. The van der Waals surface area contributed by atoms with Crippen LogP contribution in [0, 0.1) is 5.92 Å². The number of hydrogen-bond acceptors (Lipinski definition) is 3. The third-order valence-corrected chi connectivity index (χ3v) is 2.64. The van der Waals surface area contributed by atoms with Gasteiger partial charge in [-0.05, 0) is 12.1 Å². The van der Waals surface area contributed by atoms with Crippen LogP contribution in [0.5, 0.6) is 0 Å². The molecule has 0 bridgehead atoms. The maximum Gasteiger partial charge on any atom is 0.308 e. The Hall–Kier alpha value is -1.55. The number of aliphatic carboxylic acids is 1. The second-order valence-corrected chi connectivity index (χ2v) is 4.10. The second kappa shape index (κ2) is 6.25. The van der Waals surface area contributed by atoms with E-state index in [-0.39, 0.29) is 0 Å². The van der Waals surface area contributed by atoms with Crippen molar-refractivity contribution in [1.82, 2.24) is 4.98 Å². The number of carbonyl (C=O) groups is 1. The lowest BCUT2D eigenvalue weighted by molar-refractivity contribution is -0.140. The molecule has 0 aliphatic rings. The molecule has 1 heterocycles. The van der Waals surface area contributed by atoms with E-state index in [4.69, 9.17) is 16.7 Å². The highest BCUT2D eigenvalue weighted by atomic mass is 35.5. The molecule has 1 N–H and O–H groups in total. The molecule has 17 heavy (non-hydrogen) atoms. The SMILES string of the molecule is C=CCN(CC(C)C(=O)O)c1cccnc1Cl. The standard InChI is InChI=1S/C12H15ClN2O2/c1-3-7-15(8-9(2)12(16)17)10-5-4-6-14-11(10)13/h3-6,9H,1,7-8H2,2H3,(H,16,17). The van der Waals surface area contributed by atoms with Crippen LogP contribution < -0.4 is 4.90 Å². The summed E-state index contributed by atoms with van der Waals surface area (Å²) in [6, 6.07) is 3.58. The number of pyridine rings is 1. The Kier molecular flexibility index (Phi) is 4.97. The molecule has 1 unspecified atom stereocenters. The zero-order valence-corrected chi connectivity index (χ0v) is 10.4. The minimum absolute atomic E-state index is 0.368. The molecule has 1 rings (SSSR count). The van der Waals surface area contributed by atoms with Crippen LogP contribution in [0.1, 0.15) is 6.92 Å². The minimum atomic E-state index is -0.834. The Morgan fingerprint density at radius 2 is 2.47 bits per heavy atom. The summed E-state index contributed by atoms with van der Waals surface area (Å²) >= 11 is 5.98. The van der Waals surface area contributed by atoms with Crippen molar-refractivity contribution in [2.45, 2.75) is 6.92 Å². The fourth-order valence-electron chi connectivity index (χ4n) is 1.45. The van der Waals surface area contributed by atoms with Crippen LogP contribution >= 0.6 is 11.6 Å². The van der Waals surface area contributed by atoms with Gasteiger partial charge in [0.2, 0.25) is 0 Å². The number of carboxylic acid groups (broad SMARTS) is 1. The van der Waals surface area contributed by atoms with Gasteiger partial charge in [0.25, 0.3) is 0 Å². The number of rotatable bonds is 6. The number of halogens is 1. The number of aromatic nitrogens is 1. The molecule has 1 aromatic rings. The summed E-state index contributed by atoms with van der Waals surface area (Å²) in [6.07, 6.45) is 3.30. The molecular formula is C12H15ClN2O2. The van der Waals surface area contributed by atoms with Gasteiger partial charge >= 0.3 is 5.97 Å². The lowest BCUT2D eigenvalue weighted by Gasteiger charge is -2.25. The molecule has 4 nitrogen and oxygen atoms in total. The van der Waals surface area contributed by atoms with E-state index in [0.29, 0.717) is 18.2 Å². The number of nitrogens with zero attached hydrogens (tertiary/aromatic N) is 2. The highest BCUT2D eigenvalue weighted by molar-refractivity contribution is 6.32. The van der Waals surface area contributed by atoms with Crippen LogP contribution in [-0.2, 0) is 4.79 Å². The molecule has 0 aliphatic carbocycles. The largest absolute Gasteiger partial charge is 0.481 e. The first-order valence-corrected chi connectivity index (χ1v) is 5.63. The molecule has 0 aromatic carbocycles. The van der Waals surface area contributed by atoms with Gasteiger partial charge in [0.05, 0.1) is 11.6 Å². The van der Waals surface area contributed by atoms with E-state index in [0.717, 1.165) is 5.69 Å². The molecule has 1 aromatic heterocycles. The lowest BCUT2D eigenvalue weighted by atomic mass is 10.1.